The van der Waals surface area contributed by atoms with Crippen LogP contribution in [0.5, 0.6) is 5.95 Å². The van der Waals surface area contributed by atoms with Gasteiger partial charge in [-0.2, -0.15) is 18.2 Å². The number of rotatable bonds is 4. The van der Waals surface area contributed by atoms with Gasteiger partial charge >= 0.3 is 12.1 Å². The number of hydrogen-bond acceptors (Lipinski definition) is 5. The molecule has 2 aromatic rings. The second kappa shape index (κ2) is 6.64. The van der Waals surface area contributed by atoms with Crippen LogP contribution < -0.4 is 4.74 Å². The van der Waals surface area contributed by atoms with Gasteiger partial charge in [0.25, 0.3) is 0 Å². The number of halogens is 3. The van der Waals surface area contributed by atoms with E-state index in [0.29, 0.717) is 6.42 Å². The lowest BCUT2D eigenvalue weighted by atomic mass is 10.1. The molecule has 0 saturated heterocycles. The molecule has 0 unspecified atom stereocenters. The van der Waals surface area contributed by atoms with Crippen molar-refractivity contribution in [3.8, 4) is 17.4 Å². The fourth-order valence-electron chi connectivity index (χ4n) is 2.42. The Kier molecular flexibility index (Phi) is 4.66. The SMILES string of the molecule is COc1oc(-c2ccc(C(F)(F)F)cc2)nc1S(=O)(=O)C1=CCCC=C1. The average Bonchev–Trinajstić information content (AvgIpc) is 3.07. The van der Waals surface area contributed by atoms with Crippen LogP contribution in [-0.2, 0) is 16.0 Å². The molecule has 3 rings (SSSR count). The van der Waals surface area contributed by atoms with Gasteiger partial charge in [0.15, 0.2) is 0 Å². The Morgan fingerprint density at radius 1 is 1.15 bits per heavy atom. The lowest BCUT2D eigenvalue weighted by Crippen LogP contribution is -2.07. The zero-order valence-corrected chi connectivity index (χ0v) is 14.4. The van der Waals surface area contributed by atoms with Gasteiger partial charge in [-0.15, -0.1) is 0 Å². The predicted molar refractivity (Wildman–Crippen MR) is 87.1 cm³/mol. The van der Waals surface area contributed by atoms with Crippen molar-refractivity contribution in [3.63, 3.8) is 0 Å². The van der Waals surface area contributed by atoms with E-state index in [2.05, 4.69) is 4.98 Å². The van der Waals surface area contributed by atoms with Crippen LogP contribution in [0.25, 0.3) is 11.5 Å². The maximum atomic E-state index is 12.7. The summed E-state index contributed by atoms with van der Waals surface area (Å²) in [6, 6.07) is 4.05. The number of aromatic nitrogens is 1. The van der Waals surface area contributed by atoms with Gasteiger partial charge < -0.3 is 9.15 Å². The van der Waals surface area contributed by atoms with E-state index in [9.17, 15) is 21.6 Å². The molecular formula is C17H14F3NO4S. The van der Waals surface area contributed by atoms with Gasteiger partial charge in [-0.25, -0.2) is 8.42 Å². The van der Waals surface area contributed by atoms with Crippen molar-refractivity contribution in [1.29, 1.82) is 0 Å². The summed E-state index contributed by atoms with van der Waals surface area (Å²) in [5.74, 6) is -0.464. The molecule has 5 nitrogen and oxygen atoms in total. The number of benzene rings is 1. The van der Waals surface area contributed by atoms with E-state index in [1.807, 2.05) is 0 Å². The summed E-state index contributed by atoms with van der Waals surface area (Å²) in [5.41, 5.74) is -0.629. The minimum atomic E-state index is -4.47. The third-order valence-electron chi connectivity index (χ3n) is 3.74. The molecule has 0 radical (unpaired) electrons. The number of alkyl halides is 3. The van der Waals surface area contributed by atoms with Crippen LogP contribution in [0, 0.1) is 0 Å². The van der Waals surface area contributed by atoms with Crippen molar-refractivity contribution in [3.05, 3.63) is 53.0 Å². The first-order chi connectivity index (χ1) is 12.2. The molecule has 26 heavy (non-hydrogen) atoms. The molecule has 0 amide bonds. The predicted octanol–water partition coefficient (Wildman–Crippen LogP) is 4.38. The Hall–Kier alpha value is -2.55. The zero-order chi connectivity index (χ0) is 18.9. The smallest absolute Gasteiger partial charge is 0.416 e. The Balaban J connectivity index is 2.02. The van der Waals surface area contributed by atoms with Gasteiger partial charge in [-0.3, -0.25) is 0 Å². The Morgan fingerprint density at radius 2 is 1.85 bits per heavy atom. The molecule has 0 fully saturated rings. The normalized spacial score (nSPS) is 15.0. The number of sulfone groups is 1. The first-order valence-corrected chi connectivity index (χ1v) is 9.06. The monoisotopic (exact) mass is 385 g/mol. The maximum Gasteiger partial charge on any atom is 0.416 e. The molecule has 0 atom stereocenters. The minimum Gasteiger partial charge on any atom is -0.466 e. The molecule has 1 aromatic heterocycles. The van der Waals surface area contributed by atoms with E-state index in [4.69, 9.17) is 9.15 Å². The highest BCUT2D eigenvalue weighted by atomic mass is 32.2. The lowest BCUT2D eigenvalue weighted by Gasteiger charge is -2.06. The van der Waals surface area contributed by atoms with E-state index in [0.717, 1.165) is 30.7 Å². The van der Waals surface area contributed by atoms with Crippen LogP contribution in [0.1, 0.15) is 18.4 Å². The Bertz CT molecular complexity index is 970. The summed E-state index contributed by atoms with van der Waals surface area (Å²) in [5, 5.41) is -0.410. The zero-order valence-electron chi connectivity index (χ0n) is 13.6. The molecule has 0 saturated carbocycles. The molecule has 0 aliphatic heterocycles. The van der Waals surface area contributed by atoms with Crippen molar-refractivity contribution in [2.75, 3.05) is 7.11 Å². The molecular weight excluding hydrogens is 371 g/mol. The average molecular weight is 385 g/mol. The van der Waals surface area contributed by atoms with Crippen molar-refractivity contribution in [2.24, 2.45) is 0 Å². The van der Waals surface area contributed by atoms with Crippen LogP contribution in [-0.4, -0.2) is 20.5 Å². The molecule has 1 aliphatic rings. The second-order valence-electron chi connectivity index (χ2n) is 5.48. The molecule has 1 aliphatic carbocycles. The number of nitrogens with zero attached hydrogens (tertiary/aromatic N) is 1. The number of allylic oxidation sites excluding steroid dienone is 3. The first-order valence-electron chi connectivity index (χ1n) is 7.57. The van der Waals surface area contributed by atoms with E-state index in [1.165, 1.54) is 13.2 Å². The summed E-state index contributed by atoms with van der Waals surface area (Å²) in [6.45, 7) is 0. The quantitative estimate of drug-likeness (QED) is 0.781. The van der Waals surface area contributed by atoms with Crippen LogP contribution in [0.2, 0.25) is 0 Å². The largest absolute Gasteiger partial charge is 0.466 e. The third kappa shape index (κ3) is 3.39. The minimum absolute atomic E-state index is 0.0781. The summed E-state index contributed by atoms with van der Waals surface area (Å²) in [4.78, 5) is 4.03. The number of hydrogen-bond donors (Lipinski definition) is 0. The standard InChI is InChI=1S/C17H14F3NO4S/c1-24-16-15(26(22,23)13-5-3-2-4-6-13)21-14(25-16)11-7-9-12(10-8-11)17(18,19)20/h3,5-10H,2,4H2,1H3. The van der Waals surface area contributed by atoms with Crippen LogP contribution in [0.3, 0.4) is 0 Å². The van der Waals surface area contributed by atoms with Crippen molar-refractivity contribution in [2.45, 2.75) is 24.0 Å². The molecule has 0 N–H and O–H groups in total. The van der Waals surface area contributed by atoms with Crippen molar-refractivity contribution in [1.82, 2.24) is 4.98 Å². The summed E-state index contributed by atoms with van der Waals surface area (Å²) >= 11 is 0. The van der Waals surface area contributed by atoms with Gasteiger partial charge in [-0.1, -0.05) is 12.2 Å². The summed E-state index contributed by atoms with van der Waals surface area (Å²) in [6.07, 6.45) is 1.63. The molecule has 1 aromatic carbocycles. The first kappa shape index (κ1) is 18.2. The molecule has 0 spiro atoms. The van der Waals surface area contributed by atoms with E-state index in [-0.39, 0.29) is 22.3 Å². The maximum absolute atomic E-state index is 12.7. The molecule has 138 valence electrons. The number of methoxy groups -OCH3 is 1. The Morgan fingerprint density at radius 3 is 2.38 bits per heavy atom. The second-order valence-corrected chi connectivity index (χ2v) is 7.35. The van der Waals surface area contributed by atoms with Gasteiger partial charge in [-0.05, 0) is 43.2 Å². The number of oxazole rings is 1. The van der Waals surface area contributed by atoms with E-state index >= 15 is 0 Å². The lowest BCUT2D eigenvalue weighted by molar-refractivity contribution is -0.137. The molecule has 0 bridgehead atoms. The summed E-state index contributed by atoms with van der Waals surface area (Å²) < 4.78 is 73.7. The molecule has 9 heteroatoms. The van der Waals surface area contributed by atoms with Gasteiger partial charge in [0.05, 0.1) is 17.6 Å². The van der Waals surface area contributed by atoms with Crippen molar-refractivity contribution >= 4 is 9.84 Å². The van der Waals surface area contributed by atoms with Crippen LogP contribution in [0.15, 0.2) is 56.8 Å². The van der Waals surface area contributed by atoms with E-state index in [1.54, 1.807) is 12.2 Å². The van der Waals surface area contributed by atoms with Crippen LogP contribution in [0.4, 0.5) is 13.2 Å². The highest BCUT2D eigenvalue weighted by Gasteiger charge is 2.32. The van der Waals surface area contributed by atoms with Gasteiger partial charge in [0.1, 0.15) is 0 Å². The highest BCUT2D eigenvalue weighted by Crippen LogP contribution is 2.36. The Labute approximate surface area is 147 Å². The topological polar surface area (TPSA) is 69.4 Å². The highest BCUT2D eigenvalue weighted by molar-refractivity contribution is 7.95. The fraction of sp³-hybridized carbons (Fsp3) is 0.235. The summed E-state index contributed by atoms with van der Waals surface area (Å²) in [7, 11) is -2.74. The fourth-order valence-corrected chi connectivity index (χ4v) is 3.80. The number of ether oxygens (including phenoxy) is 1. The van der Waals surface area contributed by atoms with Gasteiger partial charge in [0.2, 0.25) is 20.8 Å². The van der Waals surface area contributed by atoms with Crippen LogP contribution >= 0.6 is 0 Å². The third-order valence-corrected chi connectivity index (χ3v) is 5.43. The van der Waals surface area contributed by atoms with Gasteiger partial charge in [0, 0.05) is 5.56 Å². The van der Waals surface area contributed by atoms with Crippen molar-refractivity contribution < 1.29 is 30.7 Å². The van der Waals surface area contributed by atoms with E-state index < -0.39 is 26.6 Å². The molecule has 1 heterocycles.